The van der Waals surface area contributed by atoms with Gasteiger partial charge in [-0.15, -0.1) is 0 Å². The van der Waals surface area contributed by atoms with Crippen molar-refractivity contribution in [3.05, 3.63) is 54.0 Å². The quantitative estimate of drug-likeness (QED) is 0.614. The molecule has 0 bridgehead atoms. The normalized spacial score (nSPS) is 12.5. The lowest BCUT2D eigenvalue weighted by atomic mass is 10.1. The van der Waals surface area contributed by atoms with Crippen molar-refractivity contribution in [1.29, 1.82) is 0 Å². The monoisotopic (exact) mass is 210 g/mol. The van der Waals surface area contributed by atoms with Gasteiger partial charge in [-0.25, -0.2) is 0 Å². The molecule has 0 saturated heterocycles. The third kappa shape index (κ3) is 3.16. The predicted molar refractivity (Wildman–Crippen MR) is 56.2 cm³/mol. The Bertz CT molecular complexity index is 444. The van der Waals surface area contributed by atoms with Gasteiger partial charge in [0.15, 0.2) is 0 Å². The summed E-state index contributed by atoms with van der Waals surface area (Å²) in [7, 11) is -4.12. The molecule has 4 heteroatoms. The molecule has 0 aromatic heterocycles. The summed E-state index contributed by atoms with van der Waals surface area (Å²) in [5.41, 5.74) is 1.06. The molecule has 1 aromatic carbocycles. The highest BCUT2D eigenvalue weighted by Crippen LogP contribution is 2.15. The minimum absolute atomic E-state index is 0.369. The number of rotatable bonds is 3. The van der Waals surface area contributed by atoms with E-state index in [-0.39, 0.29) is 0 Å². The number of hydrogen-bond acceptors (Lipinski definition) is 2. The molecule has 0 aliphatic carbocycles. The highest BCUT2D eigenvalue weighted by molar-refractivity contribution is 7.89. The highest BCUT2D eigenvalue weighted by Gasteiger charge is 2.03. The Balaban J connectivity index is 3.19. The lowest BCUT2D eigenvalue weighted by Crippen LogP contribution is -1.92. The first-order valence-electron chi connectivity index (χ1n) is 3.90. The standard InChI is InChI=1S/C10H10O3S/c1-2-9(8-14(11,12)13)10-6-4-3-5-7-10/h2-8H,1H2,(H,11,12,13). The van der Waals surface area contributed by atoms with Gasteiger partial charge < -0.3 is 0 Å². The summed E-state index contributed by atoms with van der Waals surface area (Å²) in [6.45, 7) is 3.48. The summed E-state index contributed by atoms with van der Waals surface area (Å²) in [6.07, 6.45) is 1.38. The van der Waals surface area contributed by atoms with Crippen molar-refractivity contribution in [2.24, 2.45) is 0 Å². The zero-order chi connectivity index (χ0) is 10.6. The topological polar surface area (TPSA) is 54.4 Å². The molecular weight excluding hydrogens is 200 g/mol. The van der Waals surface area contributed by atoms with Crippen LogP contribution in [0.4, 0.5) is 0 Å². The maximum Gasteiger partial charge on any atom is 0.288 e. The van der Waals surface area contributed by atoms with E-state index in [9.17, 15) is 8.42 Å². The Kier molecular flexibility index (Phi) is 3.22. The zero-order valence-corrected chi connectivity index (χ0v) is 8.24. The minimum Gasteiger partial charge on any atom is -0.282 e. The molecular formula is C10H10O3S. The number of hydrogen-bond donors (Lipinski definition) is 1. The fourth-order valence-corrected chi connectivity index (χ4v) is 1.58. The Hall–Kier alpha value is -1.39. The van der Waals surface area contributed by atoms with Crippen molar-refractivity contribution in [3.8, 4) is 0 Å². The van der Waals surface area contributed by atoms with Crippen LogP contribution < -0.4 is 0 Å². The van der Waals surface area contributed by atoms with E-state index in [0.717, 1.165) is 5.41 Å². The molecule has 0 radical (unpaired) electrons. The van der Waals surface area contributed by atoms with Crippen molar-refractivity contribution in [3.63, 3.8) is 0 Å². The van der Waals surface area contributed by atoms with E-state index in [2.05, 4.69) is 6.58 Å². The zero-order valence-electron chi connectivity index (χ0n) is 7.42. The molecule has 0 unspecified atom stereocenters. The molecule has 0 saturated carbocycles. The SMILES string of the molecule is C=CC(=CS(=O)(=O)O)c1ccccc1. The molecule has 0 heterocycles. The van der Waals surface area contributed by atoms with Gasteiger partial charge in [-0.05, 0) is 11.1 Å². The molecule has 3 nitrogen and oxygen atoms in total. The van der Waals surface area contributed by atoms with E-state index in [0.29, 0.717) is 11.1 Å². The van der Waals surface area contributed by atoms with Crippen LogP contribution >= 0.6 is 0 Å². The van der Waals surface area contributed by atoms with E-state index >= 15 is 0 Å². The molecule has 0 aliphatic rings. The van der Waals surface area contributed by atoms with Crippen molar-refractivity contribution >= 4 is 15.7 Å². The average Bonchev–Trinajstić information content (AvgIpc) is 2.14. The van der Waals surface area contributed by atoms with Crippen LogP contribution in [0.15, 0.2) is 48.4 Å². The Morgan fingerprint density at radius 3 is 2.29 bits per heavy atom. The average molecular weight is 210 g/mol. The molecule has 0 aliphatic heterocycles. The third-order valence-corrected chi connectivity index (χ3v) is 2.15. The summed E-state index contributed by atoms with van der Waals surface area (Å²) < 4.78 is 29.8. The fraction of sp³-hybridized carbons (Fsp3) is 0. The summed E-state index contributed by atoms with van der Waals surface area (Å²) in [5.74, 6) is 0. The maximum absolute atomic E-state index is 10.6. The second-order valence-electron chi connectivity index (χ2n) is 2.66. The molecule has 1 aromatic rings. The molecule has 1 rings (SSSR count). The predicted octanol–water partition coefficient (Wildman–Crippen LogP) is 2.10. The van der Waals surface area contributed by atoms with Crippen LogP contribution in [0.25, 0.3) is 5.57 Å². The smallest absolute Gasteiger partial charge is 0.282 e. The van der Waals surface area contributed by atoms with Gasteiger partial charge in [0.25, 0.3) is 10.1 Å². The number of benzene rings is 1. The Morgan fingerprint density at radius 1 is 1.29 bits per heavy atom. The van der Waals surface area contributed by atoms with Crippen LogP contribution in [-0.4, -0.2) is 13.0 Å². The minimum atomic E-state index is -4.12. The van der Waals surface area contributed by atoms with Gasteiger partial charge in [0.1, 0.15) is 0 Å². The van der Waals surface area contributed by atoms with E-state index in [1.165, 1.54) is 6.08 Å². The van der Waals surface area contributed by atoms with Crippen LogP contribution in [0, 0.1) is 0 Å². The van der Waals surface area contributed by atoms with Crippen molar-refractivity contribution in [1.82, 2.24) is 0 Å². The van der Waals surface area contributed by atoms with E-state index in [4.69, 9.17) is 4.55 Å². The van der Waals surface area contributed by atoms with Gasteiger partial charge in [-0.3, -0.25) is 4.55 Å². The maximum atomic E-state index is 10.6. The second kappa shape index (κ2) is 4.21. The van der Waals surface area contributed by atoms with Gasteiger partial charge in [-0.1, -0.05) is 43.0 Å². The fourth-order valence-electron chi connectivity index (χ4n) is 1.03. The summed E-state index contributed by atoms with van der Waals surface area (Å²) in [5, 5.41) is 0.773. The summed E-state index contributed by atoms with van der Waals surface area (Å²) >= 11 is 0. The lowest BCUT2D eigenvalue weighted by molar-refractivity contribution is 0.494. The molecule has 1 N–H and O–H groups in total. The van der Waals surface area contributed by atoms with Crippen LogP contribution in [0.3, 0.4) is 0 Å². The van der Waals surface area contributed by atoms with Crippen LogP contribution in [0.2, 0.25) is 0 Å². The van der Waals surface area contributed by atoms with Crippen molar-refractivity contribution in [2.45, 2.75) is 0 Å². The lowest BCUT2D eigenvalue weighted by Gasteiger charge is -1.99. The van der Waals surface area contributed by atoms with E-state index < -0.39 is 10.1 Å². The van der Waals surface area contributed by atoms with Gasteiger partial charge in [0.2, 0.25) is 0 Å². The third-order valence-electron chi connectivity index (χ3n) is 1.60. The molecule has 0 spiro atoms. The van der Waals surface area contributed by atoms with Crippen LogP contribution in [-0.2, 0) is 10.1 Å². The van der Waals surface area contributed by atoms with E-state index in [1.807, 2.05) is 6.07 Å². The summed E-state index contributed by atoms with van der Waals surface area (Å²) in [6, 6.07) is 8.84. The van der Waals surface area contributed by atoms with Gasteiger partial charge in [0.05, 0.1) is 5.41 Å². The van der Waals surface area contributed by atoms with Gasteiger partial charge in [-0.2, -0.15) is 8.42 Å². The van der Waals surface area contributed by atoms with Crippen LogP contribution in [0.5, 0.6) is 0 Å². The van der Waals surface area contributed by atoms with Crippen molar-refractivity contribution in [2.75, 3.05) is 0 Å². The first-order valence-corrected chi connectivity index (χ1v) is 5.40. The van der Waals surface area contributed by atoms with Crippen molar-refractivity contribution < 1.29 is 13.0 Å². The highest BCUT2D eigenvalue weighted by atomic mass is 32.2. The van der Waals surface area contributed by atoms with E-state index in [1.54, 1.807) is 24.3 Å². The van der Waals surface area contributed by atoms with Gasteiger partial charge >= 0.3 is 0 Å². The molecule has 74 valence electrons. The Morgan fingerprint density at radius 2 is 1.86 bits per heavy atom. The summed E-state index contributed by atoms with van der Waals surface area (Å²) in [4.78, 5) is 0. The first kappa shape index (κ1) is 10.7. The molecule has 14 heavy (non-hydrogen) atoms. The molecule has 0 fully saturated rings. The Labute approximate surface area is 83.1 Å². The van der Waals surface area contributed by atoms with Gasteiger partial charge in [0, 0.05) is 0 Å². The molecule has 0 atom stereocenters. The second-order valence-corrected chi connectivity index (χ2v) is 3.92. The molecule has 0 amide bonds. The van der Waals surface area contributed by atoms with Crippen LogP contribution in [0.1, 0.15) is 5.56 Å². The largest absolute Gasteiger partial charge is 0.288 e. The first-order chi connectivity index (χ1) is 6.53. The number of allylic oxidation sites excluding steroid dienone is 2.